The van der Waals surface area contributed by atoms with E-state index in [9.17, 15) is 14.0 Å². The van der Waals surface area contributed by atoms with E-state index in [1.54, 1.807) is 12.1 Å². The topological polar surface area (TPSA) is 56.0 Å². The lowest BCUT2D eigenvalue weighted by Crippen LogP contribution is -2.52. The summed E-state index contributed by atoms with van der Waals surface area (Å²) in [6.45, 7) is 1.31. The highest BCUT2D eigenvalue weighted by atomic mass is 19.1. The second kappa shape index (κ2) is 6.67. The lowest BCUT2D eigenvalue weighted by molar-refractivity contribution is -0.519. The molecule has 1 fully saturated rings. The number of hydrogen-bond donors (Lipinski definition) is 0. The van der Waals surface area contributed by atoms with Crippen LogP contribution >= 0.6 is 0 Å². The number of rotatable bonds is 4. The van der Waals surface area contributed by atoms with Crippen molar-refractivity contribution in [3.63, 3.8) is 0 Å². The van der Waals surface area contributed by atoms with E-state index < -0.39 is 18.1 Å². The second-order valence-corrected chi connectivity index (χ2v) is 6.29. The molecule has 26 heavy (non-hydrogen) atoms. The third-order valence-electron chi connectivity index (χ3n) is 4.67. The van der Waals surface area contributed by atoms with E-state index in [1.807, 2.05) is 35.2 Å². The second-order valence-electron chi connectivity index (χ2n) is 6.29. The first-order chi connectivity index (χ1) is 12.6. The van der Waals surface area contributed by atoms with Gasteiger partial charge in [0.05, 0.1) is 0 Å². The molecule has 2 aromatic rings. The molecule has 1 saturated heterocycles. The fourth-order valence-corrected chi connectivity index (χ4v) is 3.29. The maximum absolute atomic E-state index is 13.2. The Labute approximate surface area is 150 Å². The van der Waals surface area contributed by atoms with Crippen molar-refractivity contribution in [2.24, 2.45) is 5.11 Å². The summed E-state index contributed by atoms with van der Waals surface area (Å²) in [6.07, 6.45) is 0.0496. The van der Waals surface area contributed by atoms with Crippen LogP contribution in [-0.2, 0) is 16.0 Å². The molecule has 2 aliphatic heterocycles. The molecule has 1 unspecified atom stereocenters. The predicted octanol–water partition coefficient (Wildman–Crippen LogP) is 2.01. The summed E-state index contributed by atoms with van der Waals surface area (Å²) < 4.78 is 14.4. The summed E-state index contributed by atoms with van der Waals surface area (Å²) in [4.78, 5) is 28.2. The molecule has 0 aromatic heterocycles. The largest absolute Gasteiger partial charge is 0.501 e. The molecule has 2 amide bonds. The molecule has 2 aliphatic rings. The normalized spacial score (nSPS) is 19.6. The van der Waals surface area contributed by atoms with E-state index >= 15 is 0 Å². The number of halogens is 1. The SMILES string of the molecule is O=C1C(=O)[N+](CCc2ccccc2)=NC2N1CCN2c1ccc(F)cc1. The number of carbonyl (C=O) groups excluding carboxylic acids is 2. The van der Waals surface area contributed by atoms with E-state index in [0.29, 0.717) is 26.1 Å². The van der Waals surface area contributed by atoms with Gasteiger partial charge in [0.25, 0.3) is 6.29 Å². The first-order valence-corrected chi connectivity index (χ1v) is 8.53. The third-order valence-corrected chi connectivity index (χ3v) is 4.67. The number of fused-ring (bicyclic) bond motifs is 1. The van der Waals surface area contributed by atoms with Crippen molar-refractivity contribution in [2.45, 2.75) is 12.7 Å². The Morgan fingerprint density at radius 2 is 1.69 bits per heavy atom. The molecule has 132 valence electrons. The van der Waals surface area contributed by atoms with Crippen LogP contribution in [0.2, 0.25) is 0 Å². The van der Waals surface area contributed by atoms with Crippen LogP contribution in [0.1, 0.15) is 5.56 Å². The molecule has 0 radical (unpaired) electrons. The van der Waals surface area contributed by atoms with Crippen LogP contribution in [0, 0.1) is 5.82 Å². The van der Waals surface area contributed by atoms with Crippen LogP contribution in [0.15, 0.2) is 59.7 Å². The molecule has 0 aliphatic carbocycles. The monoisotopic (exact) mass is 353 g/mol. The predicted molar refractivity (Wildman–Crippen MR) is 92.0 cm³/mol. The van der Waals surface area contributed by atoms with Gasteiger partial charge in [-0.1, -0.05) is 30.3 Å². The van der Waals surface area contributed by atoms with Crippen molar-refractivity contribution < 1.29 is 18.7 Å². The van der Waals surface area contributed by atoms with Crippen LogP contribution in [0.25, 0.3) is 0 Å². The quantitative estimate of drug-likeness (QED) is 0.624. The van der Waals surface area contributed by atoms with E-state index in [0.717, 1.165) is 11.3 Å². The smallest absolute Gasteiger partial charge is 0.326 e. The van der Waals surface area contributed by atoms with Crippen molar-refractivity contribution in [3.05, 3.63) is 66.0 Å². The van der Waals surface area contributed by atoms with Crippen molar-refractivity contribution in [2.75, 3.05) is 24.5 Å². The number of nitrogens with zero attached hydrogens (tertiary/aromatic N) is 4. The molecule has 7 heteroatoms. The molecule has 4 rings (SSSR count). The van der Waals surface area contributed by atoms with Crippen LogP contribution in [0.4, 0.5) is 10.1 Å². The molecular weight excluding hydrogens is 335 g/mol. The fraction of sp³-hybridized carbons (Fsp3) is 0.263. The number of carbonyl (C=O) groups is 2. The minimum atomic E-state index is -0.599. The first-order valence-electron chi connectivity index (χ1n) is 8.53. The van der Waals surface area contributed by atoms with Gasteiger partial charge in [-0.3, -0.25) is 9.69 Å². The third kappa shape index (κ3) is 2.96. The standard InChI is InChI=1S/C19H18FN4O2/c20-15-6-8-16(9-7-15)22-12-13-23-17(25)18(26)24(21-19(22)23)11-10-14-4-2-1-3-5-14/h1-9,19H,10-13H2/q+1. The highest BCUT2D eigenvalue weighted by molar-refractivity contribution is 6.31. The lowest BCUT2D eigenvalue weighted by Gasteiger charge is -2.27. The highest BCUT2D eigenvalue weighted by Gasteiger charge is 2.49. The van der Waals surface area contributed by atoms with Gasteiger partial charge in [0.15, 0.2) is 6.54 Å². The van der Waals surface area contributed by atoms with Crippen LogP contribution in [-0.4, -0.2) is 47.3 Å². The van der Waals surface area contributed by atoms with Crippen molar-refractivity contribution >= 4 is 17.5 Å². The zero-order chi connectivity index (χ0) is 18.1. The van der Waals surface area contributed by atoms with E-state index in [1.165, 1.54) is 21.7 Å². The molecule has 0 N–H and O–H groups in total. The highest BCUT2D eigenvalue weighted by Crippen LogP contribution is 2.27. The molecule has 2 aromatic carbocycles. The fourth-order valence-electron chi connectivity index (χ4n) is 3.29. The number of hydrogen-bond acceptors (Lipinski definition) is 4. The molecule has 0 bridgehead atoms. The maximum atomic E-state index is 13.2. The maximum Gasteiger partial charge on any atom is 0.501 e. The Morgan fingerprint density at radius 3 is 2.42 bits per heavy atom. The molecule has 0 saturated carbocycles. The summed E-state index contributed by atoms with van der Waals surface area (Å²) in [6, 6.07) is 15.8. The average Bonchev–Trinajstić information content (AvgIpc) is 3.09. The molecule has 0 spiro atoms. The minimum Gasteiger partial charge on any atom is -0.326 e. The zero-order valence-electron chi connectivity index (χ0n) is 14.1. The summed E-state index contributed by atoms with van der Waals surface area (Å²) in [7, 11) is 0. The van der Waals surface area contributed by atoms with Crippen LogP contribution < -0.4 is 4.90 Å². The Hall–Kier alpha value is -3.09. The minimum absolute atomic E-state index is 0.318. The number of anilines is 1. The molecule has 6 nitrogen and oxygen atoms in total. The number of amides is 2. The number of azo groups is 2. The molecule has 2 heterocycles. The Bertz CT molecular complexity index is 867. The van der Waals surface area contributed by atoms with Crippen molar-refractivity contribution in [1.82, 2.24) is 4.90 Å². The van der Waals surface area contributed by atoms with Crippen LogP contribution in [0.3, 0.4) is 0 Å². The number of benzene rings is 2. The lowest BCUT2D eigenvalue weighted by atomic mass is 10.1. The van der Waals surface area contributed by atoms with Crippen molar-refractivity contribution in [3.8, 4) is 0 Å². The summed E-state index contributed by atoms with van der Waals surface area (Å²) in [5.41, 5.74) is 1.85. The van der Waals surface area contributed by atoms with E-state index in [2.05, 4.69) is 5.11 Å². The Kier molecular flexibility index (Phi) is 4.20. The van der Waals surface area contributed by atoms with Gasteiger partial charge >= 0.3 is 11.8 Å². The summed E-state index contributed by atoms with van der Waals surface area (Å²) >= 11 is 0. The Morgan fingerprint density at radius 1 is 1.00 bits per heavy atom. The first kappa shape index (κ1) is 16.4. The van der Waals surface area contributed by atoms with Crippen LogP contribution in [0.5, 0.6) is 0 Å². The van der Waals surface area contributed by atoms with E-state index in [-0.39, 0.29) is 5.82 Å². The molecule has 1 atom stereocenters. The molecular formula is C19H18FN4O2+. The average molecular weight is 353 g/mol. The van der Waals surface area contributed by atoms with Gasteiger partial charge in [0.2, 0.25) is 0 Å². The van der Waals surface area contributed by atoms with Gasteiger partial charge in [0.1, 0.15) is 5.82 Å². The van der Waals surface area contributed by atoms with Gasteiger partial charge in [-0.15, -0.1) is 0 Å². The van der Waals surface area contributed by atoms with Gasteiger partial charge in [0, 0.05) is 30.3 Å². The van der Waals surface area contributed by atoms with Gasteiger partial charge in [-0.2, -0.15) is 0 Å². The summed E-state index contributed by atoms with van der Waals surface area (Å²) in [5, 5.41) is 4.49. The van der Waals surface area contributed by atoms with E-state index in [4.69, 9.17) is 0 Å². The van der Waals surface area contributed by atoms with Gasteiger partial charge < -0.3 is 4.90 Å². The van der Waals surface area contributed by atoms with Crippen molar-refractivity contribution in [1.29, 1.82) is 0 Å². The summed E-state index contributed by atoms with van der Waals surface area (Å²) in [5.74, 6) is -1.46. The van der Waals surface area contributed by atoms with Gasteiger partial charge in [-0.25, -0.2) is 9.18 Å². The Balaban J connectivity index is 1.58. The van der Waals surface area contributed by atoms with Gasteiger partial charge in [-0.05, 0) is 34.5 Å². The zero-order valence-corrected chi connectivity index (χ0v) is 14.1.